The Labute approximate surface area is 238 Å². The highest BCUT2D eigenvalue weighted by Gasteiger charge is 2.42. The number of benzene rings is 3. The predicted molar refractivity (Wildman–Crippen MR) is 156 cm³/mol. The van der Waals surface area contributed by atoms with Crippen LogP contribution < -0.4 is 4.90 Å². The maximum atomic E-state index is 14.1. The molecule has 0 atom stereocenters. The molecule has 1 heterocycles. The lowest BCUT2D eigenvalue weighted by Gasteiger charge is -2.37. The summed E-state index contributed by atoms with van der Waals surface area (Å²) in [5.74, 6) is -1.87. The van der Waals surface area contributed by atoms with Gasteiger partial charge in [-0.1, -0.05) is 67.3 Å². The van der Waals surface area contributed by atoms with Crippen molar-refractivity contribution in [1.29, 1.82) is 0 Å². The molecule has 4 aromatic rings. The first-order chi connectivity index (χ1) is 19.3. The molecule has 1 aliphatic rings. The van der Waals surface area contributed by atoms with Gasteiger partial charge in [0.2, 0.25) is 5.78 Å². The summed E-state index contributed by atoms with van der Waals surface area (Å²) in [4.78, 5) is 46.0. The molecule has 0 bridgehead atoms. The average Bonchev–Trinajstić information content (AvgIpc) is 3.01. The van der Waals surface area contributed by atoms with E-state index in [1.165, 1.54) is 18.2 Å². The molecule has 1 aromatic heterocycles. The second kappa shape index (κ2) is 11.4. The van der Waals surface area contributed by atoms with Crippen LogP contribution in [0.4, 0.5) is 11.4 Å². The zero-order valence-electron chi connectivity index (χ0n) is 22.1. The quantitative estimate of drug-likeness (QED) is 0.227. The Bertz CT molecular complexity index is 1540. The number of ketones is 2. The highest BCUT2D eigenvalue weighted by Crippen LogP contribution is 2.42. The van der Waals surface area contributed by atoms with Crippen molar-refractivity contribution in [3.8, 4) is 0 Å². The molecular formula is C33H29ClN2O4. The fourth-order valence-electron chi connectivity index (χ4n) is 5.56. The molecule has 1 aliphatic carbocycles. The Hall–Kier alpha value is -4.29. The SMILES string of the molecule is CN(c1ccc(Cl)cc1)c1ccc(C(=O)c2ccc(C(=O)C3(c4ccccc4)CCCCC3)c(C(=O)O)c2)nc1. The van der Waals surface area contributed by atoms with Crippen LogP contribution in [0.25, 0.3) is 0 Å². The van der Waals surface area contributed by atoms with E-state index in [0.29, 0.717) is 17.9 Å². The molecule has 6 nitrogen and oxygen atoms in total. The van der Waals surface area contributed by atoms with Crippen molar-refractivity contribution >= 4 is 40.5 Å². The van der Waals surface area contributed by atoms with E-state index in [1.54, 1.807) is 30.5 Å². The van der Waals surface area contributed by atoms with Crippen molar-refractivity contribution in [1.82, 2.24) is 4.98 Å². The van der Waals surface area contributed by atoms with Crippen molar-refractivity contribution in [2.45, 2.75) is 37.5 Å². The number of Topliss-reactive ketones (excluding diaryl/α,β-unsaturated/α-hetero) is 1. The van der Waals surface area contributed by atoms with Crippen LogP contribution in [0.2, 0.25) is 5.02 Å². The minimum Gasteiger partial charge on any atom is -0.478 e. The molecule has 1 N–H and O–H groups in total. The molecular weight excluding hydrogens is 524 g/mol. The number of anilines is 2. The number of aromatic carboxylic acids is 1. The van der Waals surface area contributed by atoms with Crippen LogP contribution in [0, 0.1) is 0 Å². The van der Waals surface area contributed by atoms with Crippen molar-refractivity contribution in [2.24, 2.45) is 0 Å². The lowest BCUT2D eigenvalue weighted by Crippen LogP contribution is -2.38. The van der Waals surface area contributed by atoms with Gasteiger partial charge in [0.05, 0.1) is 22.9 Å². The van der Waals surface area contributed by atoms with Crippen molar-refractivity contribution in [3.05, 3.63) is 124 Å². The summed E-state index contributed by atoms with van der Waals surface area (Å²) in [6.45, 7) is 0. The zero-order chi connectivity index (χ0) is 28.3. The minimum absolute atomic E-state index is 0.127. The smallest absolute Gasteiger partial charge is 0.336 e. The average molecular weight is 553 g/mol. The van der Waals surface area contributed by atoms with E-state index >= 15 is 0 Å². The number of pyridine rings is 1. The monoisotopic (exact) mass is 552 g/mol. The van der Waals surface area contributed by atoms with Gasteiger partial charge in [0.25, 0.3) is 0 Å². The van der Waals surface area contributed by atoms with Gasteiger partial charge in [-0.2, -0.15) is 0 Å². The fraction of sp³-hybridized carbons (Fsp3) is 0.212. The first kappa shape index (κ1) is 27.3. The number of halogens is 1. The number of carbonyl (C=O) groups excluding carboxylic acids is 2. The third-order valence-electron chi connectivity index (χ3n) is 7.81. The number of rotatable bonds is 8. The van der Waals surface area contributed by atoms with Gasteiger partial charge in [-0.3, -0.25) is 14.6 Å². The molecule has 1 fully saturated rings. The minimum atomic E-state index is -1.25. The Balaban J connectivity index is 1.44. The maximum absolute atomic E-state index is 14.1. The molecule has 5 rings (SSSR count). The Kier molecular flexibility index (Phi) is 7.81. The number of aromatic nitrogens is 1. The number of carboxylic acid groups (broad SMARTS) is 1. The van der Waals surface area contributed by atoms with Crippen molar-refractivity contribution < 1.29 is 19.5 Å². The summed E-state index contributed by atoms with van der Waals surface area (Å²) in [6.07, 6.45) is 5.75. The topological polar surface area (TPSA) is 87.6 Å². The molecule has 0 spiro atoms. The summed E-state index contributed by atoms with van der Waals surface area (Å²) in [6, 6.07) is 24.7. The standard InChI is InChI=1S/C33H29ClN2O4/c1-36(25-13-11-24(34)12-14-25)26-15-17-29(35-21-26)30(37)22-10-16-27(28(20-22)32(39)40)31(38)33(18-6-3-7-19-33)23-8-4-2-5-9-23/h2,4-5,8-17,20-21H,3,6-7,18-19H2,1H3,(H,39,40). The highest BCUT2D eigenvalue weighted by molar-refractivity contribution is 6.30. The van der Waals surface area contributed by atoms with E-state index in [4.69, 9.17) is 11.6 Å². The third-order valence-corrected chi connectivity index (χ3v) is 8.06. The molecule has 0 amide bonds. The Morgan fingerprint density at radius 2 is 1.50 bits per heavy atom. The van der Waals surface area contributed by atoms with Gasteiger partial charge in [0, 0.05) is 28.9 Å². The van der Waals surface area contributed by atoms with E-state index in [1.807, 2.05) is 54.4 Å². The number of hydrogen-bond acceptors (Lipinski definition) is 5. The van der Waals surface area contributed by atoms with E-state index in [0.717, 1.165) is 36.2 Å². The van der Waals surface area contributed by atoms with Crippen LogP contribution in [0.1, 0.15) is 74.4 Å². The normalized spacial score (nSPS) is 14.3. The molecule has 7 heteroatoms. The molecule has 1 saturated carbocycles. The van der Waals surface area contributed by atoms with Crippen LogP contribution in [-0.2, 0) is 5.41 Å². The van der Waals surface area contributed by atoms with Gasteiger partial charge >= 0.3 is 5.97 Å². The van der Waals surface area contributed by atoms with Crippen molar-refractivity contribution in [2.75, 3.05) is 11.9 Å². The molecule has 0 aliphatic heterocycles. The van der Waals surface area contributed by atoms with Gasteiger partial charge in [0.1, 0.15) is 5.69 Å². The van der Waals surface area contributed by atoms with Crippen molar-refractivity contribution in [3.63, 3.8) is 0 Å². The predicted octanol–water partition coefficient (Wildman–Crippen LogP) is 7.52. The first-order valence-electron chi connectivity index (χ1n) is 13.3. The largest absolute Gasteiger partial charge is 0.478 e. The lowest BCUT2D eigenvalue weighted by atomic mass is 9.65. The molecule has 0 unspecified atom stereocenters. The van der Waals surface area contributed by atoms with Gasteiger partial charge in [-0.25, -0.2) is 4.79 Å². The summed E-state index contributed by atoms with van der Waals surface area (Å²) in [7, 11) is 1.88. The number of hydrogen-bond donors (Lipinski definition) is 1. The molecule has 202 valence electrons. The first-order valence-corrected chi connectivity index (χ1v) is 13.7. The van der Waals surface area contributed by atoms with E-state index in [9.17, 15) is 19.5 Å². The van der Waals surface area contributed by atoms with Crippen LogP contribution >= 0.6 is 11.6 Å². The Morgan fingerprint density at radius 1 is 0.825 bits per heavy atom. The molecule has 0 radical (unpaired) electrons. The summed E-state index contributed by atoms with van der Waals surface area (Å²) in [5.41, 5.74) is 2.10. The number of carboxylic acids is 1. The summed E-state index contributed by atoms with van der Waals surface area (Å²) < 4.78 is 0. The second-order valence-electron chi connectivity index (χ2n) is 10.2. The molecule has 3 aromatic carbocycles. The second-order valence-corrected chi connectivity index (χ2v) is 10.6. The van der Waals surface area contributed by atoms with Gasteiger partial charge in [-0.05, 0) is 66.9 Å². The van der Waals surface area contributed by atoms with Gasteiger partial charge in [-0.15, -0.1) is 0 Å². The summed E-state index contributed by atoms with van der Waals surface area (Å²) in [5, 5.41) is 10.7. The van der Waals surface area contributed by atoms with Gasteiger partial charge < -0.3 is 10.0 Å². The zero-order valence-corrected chi connectivity index (χ0v) is 22.9. The summed E-state index contributed by atoms with van der Waals surface area (Å²) >= 11 is 5.98. The fourth-order valence-corrected chi connectivity index (χ4v) is 5.68. The van der Waals surface area contributed by atoms with E-state index < -0.39 is 17.2 Å². The van der Waals surface area contributed by atoms with Crippen LogP contribution in [0.5, 0.6) is 0 Å². The van der Waals surface area contributed by atoms with Crippen LogP contribution in [0.3, 0.4) is 0 Å². The van der Waals surface area contributed by atoms with E-state index in [-0.39, 0.29) is 28.2 Å². The van der Waals surface area contributed by atoms with E-state index in [2.05, 4.69) is 4.98 Å². The Morgan fingerprint density at radius 3 is 2.12 bits per heavy atom. The molecule has 40 heavy (non-hydrogen) atoms. The maximum Gasteiger partial charge on any atom is 0.336 e. The number of nitrogens with zero attached hydrogens (tertiary/aromatic N) is 2. The van der Waals surface area contributed by atoms with Crippen LogP contribution in [-0.4, -0.2) is 34.7 Å². The highest BCUT2D eigenvalue weighted by atomic mass is 35.5. The molecule has 0 saturated heterocycles. The lowest BCUT2D eigenvalue weighted by molar-refractivity contribution is 0.0686. The number of carbonyl (C=O) groups is 3. The van der Waals surface area contributed by atoms with Crippen LogP contribution in [0.15, 0.2) is 91.1 Å². The van der Waals surface area contributed by atoms with Gasteiger partial charge in [0.15, 0.2) is 5.78 Å². The third kappa shape index (κ3) is 5.27.